The summed E-state index contributed by atoms with van der Waals surface area (Å²) in [5.74, 6) is 0.798. The minimum Gasteiger partial charge on any atom is -0.436 e. The lowest BCUT2D eigenvalue weighted by atomic mass is 10.2. The van der Waals surface area contributed by atoms with Crippen molar-refractivity contribution in [2.24, 2.45) is 0 Å². The SMILES string of the molecule is Cc1cc(Oc2cc(C)c(N)cc2F)nc(C(C)C)n1. The first-order valence-electron chi connectivity index (χ1n) is 6.46. The van der Waals surface area contributed by atoms with Gasteiger partial charge in [-0.2, -0.15) is 4.98 Å². The van der Waals surface area contributed by atoms with Crippen LogP contribution in [0.1, 0.15) is 36.8 Å². The monoisotopic (exact) mass is 275 g/mol. The van der Waals surface area contributed by atoms with E-state index in [1.54, 1.807) is 19.1 Å². The Morgan fingerprint density at radius 2 is 1.85 bits per heavy atom. The van der Waals surface area contributed by atoms with Gasteiger partial charge in [-0.05, 0) is 25.5 Å². The zero-order valence-electron chi connectivity index (χ0n) is 12.1. The van der Waals surface area contributed by atoms with Gasteiger partial charge in [0.25, 0.3) is 0 Å². The third-order valence-corrected chi connectivity index (χ3v) is 2.90. The van der Waals surface area contributed by atoms with Crippen molar-refractivity contribution in [1.29, 1.82) is 0 Å². The minimum absolute atomic E-state index is 0.115. The van der Waals surface area contributed by atoms with E-state index in [0.29, 0.717) is 17.4 Å². The molecule has 106 valence electrons. The van der Waals surface area contributed by atoms with Crippen molar-refractivity contribution in [2.75, 3.05) is 5.73 Å². The van der Waals surface area contributed by atoms with Crippen LogP contribution in [0.4, 0.5) is 10.1 Å². The van der Waals surface area contributed by atoms with E-state index in [9.17, 15) is 4.39 Å². The first kappa shape index (κ1) is 14.2. The van der Waals surface area contributed by atoms with Gasteiger partial charge in [0.15, 0.2) is 11.6 Å². The molecule has 0 spiro atoms. The van der Waals surface area contributed by atoms with Crippen LogP contribution in [0.15, 0.2) is 18.2 Å². The third kappa shape index (κ3) is 3.04. The van der Waals surface area contributed by atoms with Crippen LogP contribution in [0.3, 0.4) is 0 Å². The molecular formula is C15H18FN3O. The first-order valence-corrected chi connectivity index (χ1v) is 6.46. The maximum absolute atomic E-state index is 13.8. The molecule has 20 heavy (non-hydrogen) atoms. The molecule has 0 radical (unpaired) electrons. The maximum atomic E-state index is 13.8. The maximum Gasteiger partial charge on any atom is 0.222 e. The van der Waals surface area contributed by atoms with Gasteiger partial charge in [0.05, 0.1) is 0 Å². The summed E-state index contributed by atoms with van der Waals surface area (Å²) in [5.41, 5.74) is 7.59. The molecule has 0 aliphatic heterocycles. The van der Waals surface area contributed by atoms with Crippen LogP contribution in [0.5, 0.6) is 11.6 Å². The molecule has 1 aromatic heterocycles. The average molecular weight is 275 g/mol. The number of halogens is 1. The van der Waals surface area contributed by atoms with Crippen LogP contribution in [-0.4, -0.2) is 9.97 Å². The molecule has 2 aromatic rings. The second kappa shape index (κ2) is 5.45. The number of ether oxygens (including phenoxy) is 1. The van der Waals surface area contributed by atoms with Gasteiger partial charge < -0.3 is 10.5 Å². The van der Waals surface area contributed by atoms with Gasteiger partial charge >= 0.3 is 0 Å². The van der Waals surface area contributed by atoms with Gasteiger partial charge in [-0.15, -0.1) is 0 Å². The van der Waals surface area contributed by atoms with E-state index in [1.807, 2.05) is 20.8 Å². The van der Waals surface area contributed by atoms with E-state index in [0.717, 1.165) is 11.3 Å². The van der Waals surface area contributed by atoms with Crippen LogP contribution in [0.2, 0.25) is 0 Å². The fourth-order valence-corrected chi connectivity index (χ4v) is 1.73. The van der Waals surface area contributed by atoms with Gasteiger partial charge in [0.2, 0.25) is 5.88 Å². The fourth-order valence-electron chi connectivity index (χ4n) is 1.73. The third-order valence-electron chi connectivity index (χ3n) is 2.90. The summed E-state index contributed by atoms with van der Waals surface area (Å²) >= 11 is 0. The summed E-state index contributed by atoms with van der Waals surface area (Å²) in [6, 6.07) is 4.50. The van der Waals surface area contributed by atoms with Crippen molar-refractivity contribution in [2.45, 2.75) is 33.6 Å². The van der Waals surface area contributed by atoms with Crippen LogP contribution in [-0.2, 0) is 0 Å². The predicted molar refractivity (Wildman–Crippen MR) is 76.5 cm³/mol. The Hall–Kier alpha value is -2.17. The number of hydrogen-bond acceptors (Lipinski definition) is 4. The molecule has 0 atom stereocenters. The molecule has 0 bridgehead atoms. The molecule has 5 heteroatoms. The Labute approximate surface area is 117 Å². The molecule has 0 saturated heterocycles. The van der Waals surface area contributed by atoms with E-state index < -0.39 is 5.82 Å². The van der Waals surface area contributed by atoms with Crippen molar-refractivity contribution >= 4 is 5.69 Å². The minimum atomic E-state index is -0.504. The number of benzene rings is 1. The zero-order valence-corrected chi connectivity index (χ0v) is 12.1. The van der Waals surface area contributed by atoms with E-state index in [-0.39, 0.29) is 11.7 Å². The number of nitrogens with zero attached hydrogens (tertiary/aromatic N) is 2. The van der Waals surface area contributed by atoms with E-state index in [4.69, 9.17) is 10.5 Å². The quantitative estimate of drug-likeness (QED) is 0.867. The van der Waals surface area contributed by atoms with E-state index in [2.05, 4.69) is 9.97 Å². The van der Waals surface area contributed by atoms with Crippen molar-refractivity contribution in [3.63, 3.8) is 0 Å². The smallest absolute Gasteiger partial charge is 0.222 e. The van der Waals surface area contributed by atoms with Gasteiger partial charge in [-0.1, -0.05) is 13.8 Å². The average Bonchev–Trinajstić information content (AvgIpc) is 2.35. The lowest BCUT2D eigenvalue weighted by Gasteiger charge is -2.11. The molecule has 0 saturated carbocycles. The summed E-state index contributed by atoms with van der Waals surface area (Å²) in [7, 11) is 0. The molecular weight excluding hydrogens is 257 g/mol. The molecule has 4 nitrogen and oxygen atoms in total. The van der Waals surface area contributed by atoms with Gasteiger partial charge in [-0.3, -0.25) is 0 Å². The molecule has 2 N–H and O–H groups in total. The Kier molecular flexibility index (Phi) is 3.88. The highest BCUT2D eigenvalue weighted by molar-refractivity contribution is 5.51. The predicted octanol–water partition coefficient (Wildman–Crippen LogP) is 3.73. The molecule has 0 fully saturated rings. The zero-order chi connectivity index (χ0) is 14.9. The highest BCUT2D eigenvalue weighted by Gasteiger charge is 2.11. The van der Waals surface area contributed by atoms with E-state index >= 15 is 0 Å². The topological polar surface area (TPSA) is 61.0 Å². The van der Waals surface area contributed by atoms with Crippen LogP contribution in [0, 0.1) is 19.7 Å². The summed E-state index contributed by atoms with van der Waals surface area (Å²) < 4.78 is 19.4. The number of aromatic nitrogens is 2. The number of anilines is 1. The number of hydrogen-bond donors (Lipinski definition) is 1. The van der Waals surface area contributed by atoms with Crippen LogP contribution >= 0.6 is 0 Å². The Balaban J connectivity index is 2.37. The Morgan fingerprint density at radius 3 is 2.50 bits per heavy atom. The highest BCUT2D eigenvalue weighted by atomic mass is 19.1. The lowest BCUT2D eigenvalue weighted by molar-refractivity contribution is 0.422. The van der Waals surface area contributed by atoms with E-state index in [1.165, 1.54) is 6.07 Å². The van der Waals surface area contributed by atoms with Crippen molar-refractivity contribution in [1.82, 2.24) is 9.97 Å². The number of nitrogens with two attached hydrogens (primary N) is 1. The molecule has 0 unspecified atom stereocenters. The summed E-state index contributed by atoms with van der Waals surface area (Å²) in [6.07, 6.45) is 0. The van der Waals surface area contributed by atoms with Gasteiger partial charge in [-0.25, -0.2) is 9.37 Å². The number of aryl methyl sites for hydroxylation is 2. The van der Waals surface area contributed by atoms with Crippen LogP contribution < -0.4 is 10.5 Å². The normalized spacial score (nSPS) is 10.9. The summed E-state index contributed by atoms with van der Waals surface area (Å²) in [4.78, 5) is 8.61. The fraction of sp³-hybridized carbons (Fsp3) is 0.333. The standard InChI is InChI=1S/C15H18FN3O/c1-8(2)15-18-10(4)6-14(19-15)20-13-5-9(3)12(17)7-11(13)16/h5-8H,17H2,1-4H3. The lowest BCUT2D eigenvalue weighted by Crippen LogP contribution is -2.02. The molecule has 0 aliphatic carbocycles. The second-order valence-corrected chi connectivity index (χ2v) is 5.10. The number of rotatable bonds is 3. The van der Waals surface area contributed by atoms with Crippen molar-refractivity contribution in [3.8, 4) is 11.6 Å². The Morgan fingerprint density at radius 1 is 1.15 bits per heavy atom. The number of nitrogen functional groups attached to an aromatic ring is 1. The summed E-state index contributed by atoms with van der Waals surface area (Å²) in [5, 5.41) is 0. The molecule has 1 heterocycles. The van der Waals surface area contributed by atoms with Gasteiger partial charge in [0, 0.05) is 29.4 Å². The molecule has 0 amide bonds. The Bertz CT molecular complexity index is 641. The van der Waals surface area contributed by atoms with Gasteiger partial charge in [0.1, 0.15) is 5.82 Å². The molecule has 0 aliphatic rings. The van der Waals surface area contributed by atoms with Crippen molar-refractivity contribution < 1.29 is 9.13 Å². The molecule has 2 rings (SSSR count). The molecule has 1 aromatic carbocycles. The van der Waals surface area contributed by atoms with Crippen molar-refractivity contribution in [3.05, 3.63) is 41.1 Å². The first-order chi connectivity index (χ1) is 9.36. The second-order valence-electron chi connectivity index (χ2n) is 5.10. The highest BCUT2D eigenvalue weighted by Crippen LogP contribution is 2.28. The largest absolute Gasteiger partial charge is 0.436 e. The summed E-state index contributed by atoms with van der Waals surface area (Å²) in [6.45, 7) is 7.64. The van der Waals surface area contributed by atoms with Crippen LogP contribution in [0.25, 0.3) is 0 Å².